The smallest absolute Gasteiger partial charge is 0.335 e. The summed E-state index contributed by atoms with van der Waals surface area (Å²) in [4.78, 5) is 21.6. The van der Waals surface area contributed by atoms with Gasteiger partial charge in [0.25, 0.3) is 0 Å². The van der Waals surface area contributed by atoms with Gasteiger partial charge in [-0.1, -0.05) is 6.58 Å². The van der Waals surface area contributed by atoms with Crippen molar-refractivity contribution < 1.29 is 24.2 Å². The lowest BCUT2D eigenvalue weighted by atomic mass is 10.1. The minimum Gasteiger partial charge on any atom is -0.493 e. The van der Waals surface area contributed by atoms with Gasteiger partial charge in [-0.05, 0) is 30.7 Å². The van der Waals surface area contributed by atoms with Crippen molar-refractivity contribution in [2.75, 3.05) is 13.2 Å². The van der Waals surface area contributed by atoms with E-state index in [1.807, 2.05) is 0 Å². The molecule has 1 aromatic rings. The number of carbonyl (C=O) groups is 2. The van der Waals surface area contributed by atoms with Crippen LogP contribution in [0.5, 0.6) is 5.75 Å². The van der Waals surface area contributed by atoms with Crippen molar-refractivity contribution in [3.63, 3.8) is 0 Å². The summed E-state index contributed by atoms with van der Waals surface area (Å²) in [5, 5.41) is 8.88. The number of esters is 1. The molecule has 0 amide bonds. The molecule has 1 rings (SSSR count). The van der Waals surface area contributed by atoms with Crippen molar-refractivity contribution in [1.82, 2.24) is 0 Å². The standard InChI is InChI=1S/C14H16O5/c1-3-13(15)19-8-4-7-18-11-5-6-12(14(16)17)10(2)9-11/h3,5-6,9H,1,4,7-8H2,2H3,(H,16,17). The topological polar surface area (TPSA) is 72.8 Å². The maximum atomic E-state index is 10.8. The lowest BCUT2D eigenvalue weighted by Crippen LogP contribution is -2.07. The summed E-state index contributed by atoms with van der Waals surface area (Å²) in [6.07, 6.45) is 1.66. The number of ether oxygens (including phenoxy) is 2. The maximum Gasteiger partial charge on any atom is 0.335 e. The van der Waals surface area contributed by atoms with Crippen molar-refractivity contribution in [1.29, 1.82) is 0 Å². The zero-order valence-electron chi connectivity index (χ0n) is 10.7. The van der Waals surface area contributed by atoms with Gasteiger partial charge in [0.05, 0.1) is 18.8 Å². The van der Waals surface area contributed by atoms with Crippen LogP contribution in [0.15, 0.2) is 30.9 Å². The molecule has 0 saturated heterocycles. The number of aryl methyl sites for hydroxylation is 1. The van der Waals surface area contributed by atoms with Crippen LogP contribution >= 0.6 is 0 Å². The second-order valence-corrected chi connectivity index (χ2v) is 3.86. The van der Waals surface area contributed by atoms with E-state index < -0.39 is 11.9 Å². The molecule has 0 aliphatic heterocycles. The molecule has 0 atom stereocenters. The minimum absolute atomic E-state index is 0.257. The summed E-state index contributed by atoms with van der Waals surface area (Å²) in [5.41, 5.74) is 0.898. The third kappa shape index (κ3) is 4.83. The van der Waals surface area contributed by atoms with Crippen LogP contribution in [0.25, 0.3) is 0 Å². The fourth-order valence-corrected chi connectivity index (χ4v) is 1.45. The van der Waals surface area contributed by atoms with E-state index in [2.05, 4.69) is 6.58 Å². The summed E-state index contributed by atoms with van der Waals surface area (Å²) >= 11 is 0. The lowest BCUT2D eigenvalue weighted by Gasteiger charge is -2.08. The number of rotatable bonds is 7. The highest BCUT2D eigenvalue weighted by atomic mass is 16.5. The van der Waals surface area contributed by atoms with E-state index in [4.69, 9.17) is 14.6 Å². The Kier molecular flexibility index (Phi) is 5.60. The number of carboxylic acids is 1. The first-order valence-corrected chi connectivity index (χ1v) is 5.80. The van der Waals surface area contributed by atoms with Gasteiger partial charge in [0.15, 0.2) is 0 Å². The monoisotopic (exact) mass is 264 g/mol. The van der Waals surface area contributed by atoms with E-state index in [0.29, 0.717) is 24.3 Å². The molecule has 19 heavy (non-hydrogen) atoms. The Hall–Kier alpha value is -2.30. The Bertz CT molecular complexity index is 479. The third-order valence-corrected chi connectivity index (χ3v) is 2.40. The first kappa shape index (κ1) is 14.8. The second kappa shape index (κ2) is 7.20. The maximum absolute atomic E-state index is 10.8. The van der Waals surface area contributed by atoms with Gasteiger partial charge in [-0.3, -0.25) is 0 Å². The third-order valence-electron chi connectivity index (χ3n) is 2.40. The summed E-state index contributed by atoms with van der Waals surface area (Å²) in [5.74, 6) is -0.820. The molecule has 0 aromatic heterocycles. The fraction of sp³-hybridized carbons (Fsp3) is 0.286. The van der Waals surface area contributed by atoms with Crippen LogP contribution in [-0.2, 0) is 9.53 Å². The van der Waals surface area contributed by atoms with Crippen molar-refractivity contribution in [3.8, 4) is 5.75 Å². The zero-order valence-corrected chi connectivity index (χ0v) is 10.7. The van der Waals surface area contributed by atoms with Crippen LogP contribution in [0.3, 0.4) is 0 Å². The SMILES string of the molecule is C=CC(=O)OCCCOc1ccc(C(=O)O)c(C)c1. The van der Waals surface area contributed by atoms with Gasteiger partial charge in [0.1, 0.15) is 5.75 Å². The van der Waals surface area contributed by atoms with Crippen LogP contribution in [0.4, 0.5) is 0 Å². The van der Waals surface area contributed by atoms with Gasteiger partial charge >= 0.3 is 11.9 Å². The normalized spacial score (nSPS) is 9.74. The first-order valence-electron chi connectivity index (χ1n) is 5.80. The highest BCUT2D eigenvalue weighted by Gasteiger charge is 2.07. The molecule has 0 spiro atoms. The number of hydrogen-bond donors (Lipinski definition) is 1. The van der Waals surface area contributed by atoms with E-state index in [9.17, 15) is 9.59 Å². The van der Waals surface area contributed by atoms with Crippen LogP contribution in [0.1, 0.15) is 22.3 Å². The van der Waals surface area contributed by atoms with E-state index >= 15 is 0 Å². The fourth-order valence-electron chi connectivity index (χ4n) is 1.45. The van der Waals surface area contributed by atoms with Gasteiger partial charge in [-0.25, -0.2) is 9.59 Å². The highest BCUT2D eigenvalue weighted by Crippen LogP contribution is 2.17. The molecule has 0 heterocycles. The Morgan fingerprint density at radius 1 is 1.37 bits per heavy atom. The lowest BCUT2D eigenvalue weighted by molar-refractivity contribution is -0.137. The zero-order chi connectivity index (χ0) is 14.3. The summed E-state index contributed by atoms with van der Waals surface area (Å²) in [7, 11) is 0. The molecule has 1 aromatic carbocycles. The van der Waals surface area contributed by atoms with Gasteiger partial charge in [-0.15, -0.1) is 0 Å². The number of benzene rings is 1. The minimum atomic E-state index is -0.958. The van der Waals surface area contributed by atoms with Gasteiger partial charge < -0.3 is 14.6 Å². The molecule has 0 aliphatic carbocycles. The molecule has 0 radical (unpaired) electrons. The summed E-state index contributed by atoms with van der Waals surface area (Å²) in [6.45, 7) is 5.64. The largest absolute Gasteiger partial charge is 0.493 e. The van der Waals surface area contributed by atoms with E-state index in [1.54, 1.807) is 19.1 Å². The number of aromatic carboxylic acids is 1. The Labute approximate surface area is 111 Å². The van der Waals surface area contributed by atoms with Gasteiger partial charge in [0, 0.05) is 12.5 Å². The molecule has 0 bridgehead atoms. The van der Waals surface area contributed by atoms with E-state index in [0.717, 1.165) is 6.08 Å². The average molecular weight is 264 g/mol. The van der Waals surface area contributed by atoms with Gasteiger partial charge in [-0.2, -0.15) is 0 Å². The number of hydrogen-bond acceptors (Lipinski definition) is 4. The van der Waals surface area contributed by atoms with Crippen molar-refractivity contribution in [3.05, 3.63) is 42.0 Å². The molecular weight excluding hydrogens is 248 g/mol. The molecule has 5 nitrogen and oxygen atoms in total. The van der Waals surface area contributed by atoms with Crippen molar-refractivity contribution in [2.45, 2.75) is 13.3 Å². The number of carbonyl (C=O) groups excluding carboxylic acids is 1. The van der Waals surface area contributed by atoms with Crippen molar-refractivity contribution >= 4 is 11.9 Å². The van der Waals surface area contributed by atoms with Crippen LogP contribution in [0, 0.1) is 6.92 Å². The molecule has 102 valence electrons. The van der Waals surface area contributed by atoms with E-state index in [1.165, 1.54) is 6.07 Å². The Balaban J connectivity index is 2.38. The second-order valence-electron chi connectivity index (χ2n) is 3.86. The Morgan fingerprint density at radius 2 is 2.11 bits per heavy atom. The molecule has 0 saturated carbocycles. The van der Waals surface area contributed by atoms with Gasteiger partial charge in [0.2, 0.25) is 0 Å². The average Bonchev–Trinajstić information content (AvgIpc) is 2.37. The number of carboxylic acid groups (broad SMARTS) is 1. The highest BCUT2D eigenvalue weighted by molar-refractivity contribution is 5.89. The molecule has 5 heteroatoms. The molecule has 1 N–H and O–H groups in total. The molecule has 0 fully saturated rings. The quantitative estimate of drug-likeness (QED) is 0.464. The molecule has 0 aliphatic rings. The predicted octanol–water partition coefficient (Wildman–Crippen LogP) is 2.19. The Morgan fingerprint density at radius 3 is 2.68 bits per heavy atom. The van der Waals surface area contributed by atoms with Crippen LogP contribution < -0.4 is 4.74 Å². The van der Waals surface area contributed by atoms with Crippen LogP contribution in [-0.4, -0.2) is 30.3 Å². The predicted molar refractivity (Wildman–Crippen MR) is 69.4 cm³/mol. The first-order chi connectivity index (χ1) is 9.04. The molecular formula is C14H16O5. The summed E-state index contributed by atoms with van der Waals surface area (Å²) in [6, 6.07) is 4.77. The molecule has 0 unspecified atom stereocenters. The van der Waals surface area contributed by atoms with E-state index in [-0.39, 0.29) is 12.2 Å². The summed E-state index contributed by atoms with van der Waals surface area (Å²) < 4.78 is 10.2. The van der Waals surface area contributed by atoms with Crippen LogP contribution in [0.2, 0.25) is 0 Å². The van der Waals surface area contributed by atoms with Crippen molar-refractivity contribution in [2.24, 2.45) is 0 Å².